The molecule has 1 nitrogen and oxygen atoms in total. The fraction of sp³-hybridized carbons (Fsp3) is 0.500. The van der Waals surface area contributed by atoms with Crippen LogP contribution in [0.5, 0.6) is 0 Å². The Hall–Kier alpha value is -1.22. The molecule has 0 radical (unpaired) electrons. The lowest BCUT2D eigenvalue weighted by molar-refractivity contribution is 0.558. The van der Waals surface area contributed by atoms with E-state index in [9.17, 15) is 8.78 Å². The van der Waals surface area contributed by atoms with Crippen molar-refractivity contribution >= 4 is 0 Å². The molecule has 0 saturated carbocycles. The highest BCUT2D eigenvalue weighted by molar-refractivity contribution is 5.23. The Labute approximate surface area is 113 Å². The zero-order valence-electron chi connectivity index (χ0n) is 11.2. The maximum Gasteiger partial charge on any atom is 0.129 e. The van der Waals surface area contributed by atoms with E-state index in [-0.39, 0.29) is 6.04 Å². The summed E-state index contributed by atoms with van der Waals surface area (Å²) >= 11 is 0. The van der Waals surface area contributed by atoms with Crippen molar-refractivity contribution in [1.82, 2.24) is 0 Å². The number of rotatable bonds is 3. The number of benzene rings is 1. The van der Waals surface area contributed by atoms with E-state index >= 15 is 0 Å². The highest BCUT2D eigenvalue weighted by atomic mass is 19.1. The number of allylic oxidation sites excluding steroid dienone is 1. The molecular weight excluding hydrogens is 244 g/mol. The molecular formula is C16H21F2N. The molecule has 0 saturated heterocycles. The average molecular weight is 265 g/mol. The van der Waals surface area contributed by atoms with Gasteiger partial charge in [-0.05, 0) is 43.7 Å². The topological polar surface area (TPSA) is 26.0 Å². The minimum atomic E-state index is -0.542. The Bertz CT molecular complexity index is 454. The fourth-order valence-corrected chi connectivity index (χ4v) is 2.61. The number of halogens is 2. The first-order chi connectivity index (χ1) is 9.16. The van der Waals surface area contributed by atoms with Gasteiger partial charge in [0, 0.05) is 12.1 Å². The summed E-state index contributed by atoms with van der Waals surface area (Å²) in [5, 5.41) is 0. The van der Waals surface area contributed by atoms with Crippen LogP contribution < -0.4 is 5.73 Å². The summed E-state index contributed by atoms with van der Waals surface area (Å²) < 4.78 is 26.5. The van der Waals surface area contributed by atoms with Gasteiger partial charge in [-0.25, -0.2) is 8.78 Å². The second-order valence-electron chi connectivity index (χ2n) is 5.28. The van der Waals surface area contributed by atoms with E-state index in [1.165, 1.54) is 37.0 Å². The van der Waals surface area contributed by atoms with Gasteiger partial charge >= 0.3 is 0 Å². The van der Waals surface area contributed by atoms with Crippen molar-refractivity contribution in [3.63, 3.8) is 0 Å². The minimum absolute atomic E-state index is 0.155. The Balaban J connectivity index is 2.04. The Morgan fingerprint density at radius 2 is 1.89 bits per heavy atom. The van der Waals surface area contributed by atoms with Gasteiger partial charge in [0.05, 0.1) is 0 Å². The molecule has 1 unspecified atom stereocenters. The molecule has 2 N–H and O–H groups in total. The third-order valence-corrected chi connectivity index (χ3v) is 3.76. The monoisotopic (exact) mass is 265 g/mol. The van der Waals surface area contributed by atoms with E-state index in [0.29, 0.717) is 12.0 Å². The predicted octanol–water partition coefficient (Wildman–Crippen LogP) is 4.12. The number of hydrogen-bond acceptors (Lipinski definition) is 1. The molecule has 1 aromatic carbocycles. The van der Waals surface area contributed by atoms with Crippen LogP contribution in [0.4, 0.5) is 8.78 Å². The van der Waals surface area contributed by atoms with Crippen molar-refractivity contribution in [2.24, 2.45) is 5.73 Å². The summed E-state index contributed by atoms with van der Waals surface area (Å²) in [6, 6.07) is 3.55. The first kappa shape index (κ1) is 14.2. The van der Waals surface area contributed by atoms with Gasteiger partial charge in [-0.15, -0.1) is 0 Å². The van der Waals surface area contributed by atoms with Crippen molar-refractivity contribution in [3.8, 4) is 0 Å². The van der Waals surface area contributed by atoms with Gasteiger partial charge in [-0.2, -0.15) is 0 Å². The lowest BCUT2D eigenvalue weighted by atomic mass is 9.92. The van der Waals surface area contributed by atoms with E-state index in [1.807, 2.05) is 0 Å². The van der Waals surface area contributed by atoms with Gasteiger partial charge < -0.3 is 5.73 Å². The molecule has 0 bridgehead atoms. The van der Waals surface area contributed by atoms with Crippen molar-refractivity contribution in [1.29, 1.82) is 0 Å². The zero-order valence-corrected chi connectivity index (χ0v) is 11.2. The van der Waals surface area contributed by atoms with Crippen LogP contribution >= 0.6 is 0 Å². The van der Waals surface area contributed by atoms with E-state index in [2.05, 4.69) is 6.08 Å². The van der Waals surface area contributed by atoms with Crippen molar-refractivity contribution in [3.05, 3.63) is 47.0 Å². The van der Waals surface area contributed by atoms with Crippen molar-refractivity contribution in [2.45, 2.75) is 51.0 Å². The van der Waals surface area contributed by atoms with Gasteiger partial charge in [-0.3, -0.25) is 0 Å². The van der Waals surface area contributed by atoms with Crippen LogP contribution in [-0.2, 0) is 6.42 Å². The van der Waals surface area contributed by atoms with E-state index < -0.39 is 11.6 Å². The SMILES string of the molecule is NC(Cc1ccc(F)cc1F)/C1=C/CCCCCC1. The fourth-order valence-electron chi connectivity index (χ4n) is 2.61. The third kappa shape index (κ3) is 4.13. The molecule has 0 heterocycles. The predicted molar refractivity (Wildman–Crippen MR) is 73.8 cm³/mol. The molecule has 1 atom stereocenters. The average Bonchev–Trinajstić information content (AvgIpc) is 2.32. The van der Waals surface area contributed by atoms with E-state index in [4.69, 9.17) is 5.73 Å². The van der Waals surface area contributed by atoms with E-state index in [1.54, 1.807) is 0 Å². The third-order valence-electron chi connectivity index (χ3n) is 3.76. The highest BCUT2D eigenvalue weighted by Gasteiger charge is 2.14. The van der Waals surface area contributed by atoms with Gasteiger partial charge in [0.1, 0.15) is 11.6 Å². The zero-order chi connectivity index (χ0) is 13.7. The summed E-state index contributed by atoms with van der Waals surface area (Å²) in [5.74, 6) is -1.04. The first-order valence-electron chi connectivity index (χ1n) is 7.05. The van der Waals surface area contributed by atoms with Gasteiger partial charge in [0.15, 0.2) is 0 Å². The van der Waals surface area contributed by atoms with Crippen molar-refractivity contribution in [2.75, 3.05) is 0 Å². The molecule has 19 heavy (non-hydrogen) atoms. The summed E-state index contributed by atoms with van der Waals surface area (Å²) in [6.45, 7) is 0. The number of nitrogens with two attached hydrogens (primary N) is 1. The lowest BCUT2D eigenvalue weighted by Gasteiger charge is -2.18. The quantitative estimate of drug-likeness (QED) is 0.818. The molecule has 0 fully saturated rings. The molecule has 1 aliphatic carbocycles. The molecule has 0 aromatic heterocycles. The van der Waals surface area contributed by atoms with Crippen LogP contribution in [-0.4, -0.2) is 6.04 Å². The maximum absolute atomic E-state index is 13.6. The lowest BCUT2D eigenvalue weighted by Crippen LogP contribution is -2.26. The highest BCUT2D eigenvalue weighted by Crippen LogP contribution is 2.21. The van der Waals surface area contributed by atoms with Crippen LogP contribution in [0.25, 0.3) is 0 Å². The first-order valence-corrected chi connectivity index (χ1v) is 7.05. The Morgan fingerprint density at radius 1 is 1.11 bits per heavy atom. The van der Waals surface area contributed by atoms with Crippen LogP contribution in [0.15, 0.2) is 29.8 Å². The number of hydrogen-bond donors (Lipinski definition) is 1. The van der Waals surface area contributed by atoms with Gasteiger partial charge in [-0.1, -0.05) is 30.6 Å². The van der Waals surface area contributed by atoms with E-state index in [0.717, 1.165) is 25.3 Å². The molecule has 3 heteroatoms. The molecule has 0 aliphatic heterocycles. The summed E-state index contributed by atoms with van der Waals surface area (Å²) in [7, 11) is 0. The van der Waals surface area contributed by atoms with Gasteiger partial charge in [0.2, 0.25) is 0 Å². The molecule has 104 valence electrons. The second-order valence-corrected chi connectivity index (χ2v) is 5.28. The molecule has 1 aromatic rings. The summed E-state index contributed by atoms with van der Waals surface area (Å²) in [5.41, 5.74) is 7.90. The largest absolute Gasteiger partial charge is 0.324 e. The van der Waals surface area contributed by atoms with Crippen LogP contribution in [0.1, 0.15) is 44.1 Å². The van der Waals surface area contributed by atoms with Gasteiger partial charge in [0.25, 0.3) is 0 Å². The second kappa shape index (κ2) is 6.80. The molecule has 2 rings (SSSR count). The molecule has 0 amide bonds. The normalized spacial score (nSPS) is 21.1. The molecule has 1 aliphatic rings. The Morgan fingerprint density at radius 3 is 2.68 bits per heavy atom. The van der Waals surface area contributed by atoms with Crippen LogP contribution in [0.3, 0.4) is 0 Å². The standard InChI is InChI=1S/C16H21F2N/c17-14-9-8-13(15(18)11-14)10-16(19)12-6-4-2-1-3-5-7-12/h6,8-9,11,16H,1-5,7,10,19H2/b12-6+. The summed E-state index contributed by atoms with van der Waals surface area (Å²) in [4.78, 5) is 0. The smallest absolute Gasteiger partial charge is 0.129 e. The summed E-state index contributed by atoms with van der Waals surface area (Å²) in [6.07, 6.45) is 9.62. The Kier molecular flexibility index (Phi) is 5.08. The van der Waals surface area contributed by atoms with Crippen LogP contribution in [0.2, 0.25) is 0 Å². The maximum atomic E-state index is 13.6. The van der Waals surface area contributed by atoms with Crippen molar-refractivity contribution < 1.29 is 8.78 Å². The minimum Gasteiger partial charge on any atom is -0.324 e. The molecule has 0 spiro atoms. The van der Waals surface area contributed by atoms with Crippen LogP contribution in [0, 0.1) is 11.6 Å².